The second-order valence-corrected chi connectivity index (χ2v) is 6.65. The van der Waals surface area contributed by atoms with Gasteiger partial charge in [0.15, 0.2) is 0 Å². The number of carbonyl (C=O) groups is 1. The Labute approximate surface area is 158 Å². The molecule has 0 aliphatic carbocycles. The number of benzene rings is 2. The molecular weight excluding hydrogens is 336 g/mol. The molecule has 2 N–H and O–H groups in total. The van der Waals surface area contributed by atoms with Gasteiger partial charge in [-0.05, 0) is 23.6 Å². The number of H-pyrrole nitrogens is 1. The van der Waals surface area contributed by atoms with Crippen LogP contribution < -0.4 is 5.32 Å². The number of nitrogens with zero attached hydrogens (tertiary/aromatic N) is 2. The van der Waals surface area contributed by atoms with Crippen LogP contribution in [0.4, 0.5) is 0 Å². The molecule has 0 fully saturated rings. The molecule has 2 aromatic heterocycles. The quantitative estimate of drug-likeness (QED) is 0.527. The van der Waals surface area contributed by atoms with Crippen LogP contribution >= 0.6 is 0 Å². The Hall–Kier alpha value is -3.34. The molecule has 0 radical (unpaired) electrons. The summed E-state index contributed by atoms with van der Waals surface area (Å²) in [5, 5.41) is 4.37. The van der Waals surface area contributed by atoms with Crippen molar-refractivity contribution in [2.75, 3.05) is 0 Å². The Balaban J connectivity index is 1.43. The maximum Gasteiger partial charge on any atom is 0.220 e. The summed E-state index contributed by atoms with van der Waals surface area (Å²) < 4.78 is 1.98. The van der Waals surface area contributed by atoms with Crippen LogP contribution in [0.25, 0.3) is 10.9 Å². The van der Waals surface area contributed by atoms with Crippen molar-refractivity contribution in [1.29, 1.82) is 0 Å². The van der Waals surface area contributed by atoms with E-state index in [1.165, 1.54) is 10.9 Å². The minimum absolute atomic E-state index is 0.0502. The number of amides is 1. The van der Waals surface area contributed by atoms with E-state index in [2.05, 4.69) is 27.4 Å². The van der Waals surface area contributed by atoms with Gasteiger partial charge < -0.3 is 14.9 Å². The fourth-order valence-corrected chi connectivity index (χ4v) is 3.38. The summed E-state index contributed by atoms with van der Waals surface area (Å²) in [6.07, 6.45) is 8.60. The van der Waals surface area contributed by atoms with Crippen LogP contribution in [0.2, 0.25) is 0 Å². The fraction of sp³-hybridized carbons (Fsp3) is 0.182. The van der Waals surface area contributed by atoms with Crippen LogP contribution in [-0.2, 0) is 17.8 Å². The standard InChI is InChI=1S/C22H22N4O/c27-22(11-10-18-14-24-20-9-5-4-8-19(18)20)25-21(15-26-13-12-23-16-26)17-6-2-1-3-7-17/h1-9,12-14,16,21,24H,10-11,15H2,(H,25,27)/t21-/m0/s1. The molecule has 0 unspecified atom stereocenters. The molecule has 0 spiro atoms. The van der Waals surface area contributed by atoms with Crippen LogP contribution in [0.3, 0.4) is 0 Å². The van der Waals surface area contributed by atoms with Crippen LogP contribution in [0, 0.1) is 0 Å². The van der Waals surface area contributed by atoms with Crippen LogP contribution in [-0.4, -0.2) is 20.4 Å². The number of nitrogens with one attached hydrogen (secondary N) is 2. The monoisotopic (exact) mass is 358 g/mol. The number of para-hydroxylation sites is 1. The molecule has 0 aliphatic heterocycles. The lowest BCUT2D eigenvalue weighted by atomic mass is 10.1. The molecule has 1 atom stereocenters. The second kappa shape index (κ2) is 7.91. The molecule has 2 aromatic carbocycles. The number of rotatable bonds is 7. The predicted octanol–water partition coefficient (Wildman–Crippen LogP) is 3.85. The van der Waals surface area contributed by atoms with Gasteiger partial charge in [0, 0.05) is 42.5 Å². The highest BCUT2D eigenvalue weighted by atomic mass is 16.1. The first-order chi connectivity index (χ1) is 13.3. The number of hydrogen-bond donors (Lipinski definition) is 2. The van der Waals surface area contributed by atoms with Crippen molar-refractivity contribution in [2.45, 2.75) is 25.4 Å². The van der Waals surface area contributed by atoms with E-state index in [1.807, 2.05) is 59.4 Å². The SMILES string of the molecule is O=C(CCc1c[nH]c2ccccc12)N[C@@H](Cn1ccnc1)c1ccccc1. The minimum Gasteiger partial charge on any atom is -0.361 e. The molecule has 1 amide bonds. The van der Waals surface area contributed by atoms with Gasteiger partial charge in [0.05, 0.1) is 12.4 Å². The van der Waals surface area contributed by atoms with Crippen molar-refractivity contribution >= 4 is 16.8 Å². The van der Waals surface area contributed by atoms with Gasteiger partial charge in [-0.1, -0.05) is 48.5 Å². The summed E-state index contributed by atoms with van der Waals surface area (Å²) in [6, 6.07) is 18.1. The van der Waals surface area contributed by atoms with Crippen LogP contribution in [0.15, 0.2) is 79.5 Å². The van der Waals surface area contributed by atoms with Crippen molar-refractivity contribution in [3.63, 3.8) is 0 Å². The Bertz CT molecular complexity index is 1010. The van der Waals surface area contributed by atoms with Crippen LogP contribution in [0.5, 0.6) is 0 Å². The van der Waals surface area contributed by atoms with E-state index in [0.717, 1.165) is 11.1 Å². The molecule has 0 saturated carbocycles. The summed E-state index contributed by atoms with van der Waals surface area (Å²) >= 11 is 0. The number of fused-ring (bicyclic) bond motifs is 1. The molecule has 4 rings (SSSR count). The van der Waals surface area contributed by atoms with Crippen LogP contribution in [0.1, 0.15) is 23.6 Å². The highest BCUT2D eigenvalue weighted by Crippen LogP contribution is 2.20. The van der Waals surface area contributed by atoms with Gasteiger partial charge in [0.2, 0.25) is 5.91 Å². The first-order valence-electron chi connectivity index (χ1n) is 9.14. The zero-order chi connectivity index (χ0) is 18.5. The maximum atomic E-state index is 12.6. The summed E-state index contributed by atoms with van der Waals surface area (Å²) in [6.45, 7) is 0.656. The van der Waals surface area contributed by atoms with Gasteiger partial charge in [-0.15, -0.1) is 0 Å². The number of carbonyl (C=O) groups excluding carboxylic acids is 1. The van der Waals surface area contributed by atoms with Crippen molar-refractivity contribution < 1.29 is 4.79 Å². The number of imidazole rings is 1. The molecule has 5 nitrogen and oxygen atoms in total. The zero-order valence-corrected chi connectivity index (χ0v) is 15.0. The first kappa shape index (κ1) is 17.1. The molecular formula is C22H22N4O. The van der Waals surface area contributed by atoms with E-state index < -0.39 is 0 Å². The molecule has 136 valence electrons. The lowest BCUT2D eigenvalue weighted by molar-refractivity contribution is -0.121. The Morgan fingerprint density at radius 1 is 1.11 bits per heavy atom. The average molecular weight is 358 g/mol. The zero-order valence-electron chi connectivity index (χ0n) is 15.0. The normalized spacial score (nSPS) is 12.1. The number of aromatic amines is 1. The average Bonchev–Trinajstić information content (AvgIpc) is 3.36. The highest BCUT2D eigenvalue weighted by Gasteiger charge is 2.15. The van der Waals surface area contributed by atoms with Gasteiger partial charge in [0.25, 0.3) is 0 Å². The number of hydrogen-bond acceptors (Lipinski definition) is 2. The van der Waals surface area contributed by atoms with E-state index in [-0.39, 0.29) is 11.9 Å². The van der Waals surface area contributed by atoms with Crippen molar-refractivity contribution in [3.8, 4) is 0 Å². The van der Waals surface area contributed by atoms with E-state index in [9.17, 15) is 4.79 Å². The maximum absolute atomic E-state index is 12.6. The smallest absolute Gasteiger partial charge is 0.220 e. The molecule has 5 heteroatoms. The van der Waals surface area contributed by atoms with Gasteiger partial charge in [-0.3, -0.25) is 4.79 Å². The van der Waals surface area contributed by atoms with E-state index in [4.69, 9.17) is 0 Å². The fourth-order valence-electron chi connectivity index (χ4n) is 3.38. The predicted molar refractivity (Wildman–Crippen MR) is 106 cm³/mol. The molecule has 27 heavy (non-hydrogen) atoms. The van der Waals surface area contributed by atoms with Crippen molar-refractivity contribution in [2.24, 2.45) is 0 Å². The molecule has 0 saturated heterocycles. The summed E-state index contributed by atoms with van der Waals surface area (Å²) in [4.78, 5) is 20.0. The lowest BCUT2D eigenvalue weighted by Crippen LogP contribution is -2.31. The Morgan fingerprint density at radius 3 is 2.74 bits per heavy atom. The second-order valence-electron chi connectivity index (χ2n) is 6.65. The summed E-state index contributed by atoms with van der Waals surface area (Å²) in [7, 11) is 0. The number of aryl methyl sites for hydroxylation is 1. The Morgan fingerprint density at radius 2 is 1.93 bits per heavy atom. The molecule has 4 aromatic rings. The molecule has 2 heterocycles. The Kier molecular flexibility index (Phi) is 5.01. The van der Waals surface area contributed by atoms with E-state index >= 15 is 0 Å². The molecule has 0 bridgehead atoms. The van der Waals surface area contributed by atoms with Gasteiger partial charge in [-0.2, -0.15) is 0 Å². The third-order valence-corrected chi connectivity index (χ3v) is 4.79. The van der Waals surface area contributed by atoms with Gasteiger partial charge in [-0.25, -0.2) is 4.98 Å². The minimum atomic E-state index is -0.0872. The first-order valence-corrected chi connectivity index (χ1v) is 9.14. The lowest BCUT2D eigenvalue weighted by Gasteiger charge is -2.20. The topological polar surface area (TPSA) is 62.7 Å². The third-order valence-electron chi connectivity index (χ3n) is 4.79. The van der Waals surface area contributed by atoms with Crippen molar-refractivity contribution in [3.05, 3.63) is 90.6 Å². The largest absolute Gasteiger partial charge is 0.361 e. The van der Waals surface area contributed by atoms with Crippen molar-refractivity contribution in [1.82, 2.24) is 19.9 Å². The molecule has 0 aliphatic rings. The number of aromatic nitrogens is 3. The van der Waals surface area contributed by atoms with E-state index in [1.54, 1.807) is 12.5 Å². The summed E-state index contributed by atoms with van der Waals surface area (Å²) in [5.41, 5.74) is 3.37. The summed E-state index contributed by atoms with van der Waals surface area (Å²) in [5.74, 6) is 0.0502. The van der Waals surface area contributed by atoms with Gasteiger partial charge >= 0.3 is 0 Å². The van der Waals surface area contributed by atoms with Gasteiger partial charge in [0.1, 0.15) is 0 Å². The van der Waals surface area contributed by atoms with E-state index in [0.29, 0.717) is 19.4 Å². The third kappa shape index (κ3) is 4.08. The highest BCUT2D eigenvalue weighted by molar-refractivity contribution is 5.84.